The lowest BCUT2D eigenvalue weighted by Crippen LogP contribution is -2.14. The molecule has 0 bridgehead atoms. The molecule has 0 unspecified atom stereocenters. The van der Waals surface area contributed by atoms with E-state index < -0.39 is 16.0 Å². The summed E-state index contributed by atoms with van der Waals surface area (Å²) >= 11 is 0. The van der Waals surface area contributed by atoms with Gasteiger partial charge in [0.05, 0.1) is 16.1 Å². The Morgan fingerprint density at radius 2 is 1.82 bits per heavy atom. The number of hydrogen-bond acceptors (Lipinski definition) is 4. The van der Waals surface area contributed by atoms with Gasteiger partial charge in [0.25, 0.3) is 10.0 Å². The number of nitrogens with two attached hydrogens (primary N) is 1. The van der Waals surface area contributed by atoms with Gasteiger partial charge in [-0.15, -0.1) is 0 Å². The molecule has 0 atom stereocenters. The maximum atomic E-state index is 12.3. The molecule has 0 amide bonds. The summed E-state index contributed by atoms with van der Waals surface area (Å²) in [5.41, 5.74) is 7.18. The van der Waals surface area contributed by atoms with Gasteiger partial charge in [0, 0.05) is 6.54 Å². The lowest BCUT2D eigenvalue weighted by molar-refractivity contribution is 0.0697. The number of carboxylic acids is 1. The second kappa shape index (κ2) is 6.17. The van der Waals surface area contributed by atoms with E-state index in [2.05, 4.69) is 4.72 Å². The van der Waals surface area contributed by atoms with Gasteiger partial charge in [-0.3, -0.25) is 4.72 Å². The Balaban J connectivity index is 2.35. The topological polar surface area (TPSA) is 109 Å². The Morgan fingerprint density at radius 1 is 1.18 bits per heavy atom. The van der Waals surface area contributed by atoms with E-state index in [1.54, 1.807) is 25.1 Å². The number of carbonyl (C=O) groups is 1. The minimum absolute atomic E-state index is 0.0155. The average molecular weight is 320 g/mol. The lowest BCUT2D eigenvalue weighted by Gasteiger charge is -2.11. The molecule has 0 aliphatic heterocycles. The van der Waals surface area contributed by atoms with Crippen LogP contribution in [0.1, 0.15) is 21.5 Å². The largest absolute Gasteiger partial charge is 0.478 e. The van der Waals surface area contributed by atoms with Crippen LogP contribution in [0.2, 0.25) is 0 Å². The molecule has 6 nitrogen and oxygen atoms in total. The van der Waals surface area contributed by atoms with Crippen LogP contribution >= 0.6 is 0 Å². The third-order valence-electron chi connectivity index (χ3n) is 3.20. The van der Waals surface area contributed by atoms with Gasteiger partial charge in [-0.2, -0.15) is 0 Å². The van der Waals surface area contributed by atoms with E-state index in [0.29, 0.717) is 12.1 Å². The van der Waals surface area contributed by atoms with E-state index in [9.17, 15) is 13.2 Å². The van der Waals surface area contributed by atoms with Gasteiger partial charge in [0.1, 0.15) is 0 Å². The smallest absolute Gasteiger partial charge is 0.335 e. The highest BCUT2D eigenvalue weighted by atomic mass is 32.2. The molecule has 22 heavy (non-hydrogen) atoms. The van der Waals surface area contributed by atoms with Gasteiger partial charge in [0.2, 0.25) is 0 Å². The van der Waals surface area contributed by atoms with Gasteiger partial charge in [-0.05, 0) is 42.3 Å². The molecule has 0 saturated heterocycles. The molecule has 2 rings (SSSR count). The highest BCUT2D eigenvalue weighted by Gasteiger charge is 2.16. The number of hydrogen-bond donors (Lipinski definition) is 3. The first kappa shape index (κ1) is 16.0. The van der Waals surface area contributed by atoms with Crippen molar-refractivity contribution >= 4 is 21.7 Å². The highest BCUT2D eigenvalue weighted by molar-refractivity contribution is 7.92. The van der Waals surface area contributed by atoms with E-state index in [1.807, 2.05) is 0 Å². The molecule has 0 aromatic heterocycles. The summed E-state index contributed by atoms with van der Waals surface area (Å²) in [4.78, 5) is 11.1. The maximum absolute atomic E-state index is 12.3. The molecule has 0 fully saturated rings. The first-order valence-corrected chi connectivity index (χ1v) is 7.97. The summed E-state index contributed by atoms with van der Waals surface area (Å²) in [5, 5.41) is 8.98. The molecule has 0 aliphatic carbocycles. The Labute approximate surface area is 128 Å². The van der Waals surface area contributed by atoms with Crippen molar-refractivity contribution in [1.29, 1.82) is 0 Å². The van der Waals surface area contributed by atoms with E-state index in [4.69, 9.17) is 10.8 Å². The average Bonchev–Trinajstić information content (AvgIpc) is 2.49. The molecule has 0 radical (unpaired) electrons. The summed E-state index contributed by atoms with van der Waals surface area (Å²) in [6, 6.07) is 10.5. The van der Waals surface area contributed by atoms with Crippen molar-refractivity contribution in [3.05, 3.63) is 59.2 Å². The number of aryl methyl sites for hydroxylation is 1. The van der Waals surface area contributed by atoms with Crippen LogP contribution in [-0.4, -0.2) is 19.5 Å². The predicted octanol–water partition coefficient (Wildman–Crippen LogP) is 1.95. The highest BCUT2D eigenvalue weighted by Crippen LogP contribution is 2.21. The molecular formula is C15H16N2O4S. The van der Waals surface area contributed by atoms with Crippen LogP contribution in [0.3, 0.4) is 0 Å². The van der Waals surface area contributed by atoms with Crippen LogP contribution in [0, 0.1) is 6.92 Å². The predicted molar refractivity (Wildman–Crippen MR) is 83.3 cm³/mol. The third-order valence-corrected chi connectivity index (χ3v) is 4.58. The van der Waals surface area contributed by atoms with Crippen LogP contribution in [0.4, 0.5) is 5.69 Å². The quantitative estimate of drug-likeness (QED) is 0.780. The Hall–Kier alpha value is -2.38. The zero-order chi connectivity index (χ0) is 16.3. The van der Waals surface area contributed by atoms with Gasteiger partial charge < -0.3 is 10.8 Å². The summed E-state index contributed by atoms with van der Waals surface area (Å²) in [6.07, 6.45) is 0. The van der Waals surface area contributed by atoms with Crippen molar-refractivity contribution in [2.45, 2.75) is 18.4 Å². The summed E-state index contributed by atoms with van der Waals surface area (Å²) in [7, 11) is -3.79. The van der Waals surface area contributed by atoms with Crippen LogP contribution in [-0.2, 0) is 16.6 Å². The molecule has 116 valence electrons. The molecular weight excluding hydrogens is 304 g/mol. The van der Waals surface area contributed by atoms with Crippen LogP contribution in [0.5, 0.6) is 0 Å². The van der Waals surface area contributed by atoms with Gasteiger partial charge in [-0.1, -0.05) is 18.2 Å². The van der Waals surface area contributed by atoms with Gasteiger partial charge in [-0.25, -0.2) is 13.2 Å². The monoisotopic (exact) mass is 320 g/mol. The molecule has 4 N–H and O–H groups in total. The zero-order valence-corrected chi connectivity index (χ0v) is 12.7. The Bertz CT molecular complexity index is 799. The lowest BCUT2D eigenvalue weighted by atomic mass is 10.1. The van der Waals surface area contributed by atoms with E-state index in [1.165, 1.54) is 24.3 Å². The minimum atomic E-state index is -3.79. The van der Waals surface area contributed by atoms with Gasteiger partial charge in [0.15, 0.2) is 0 Å². The second-order valence-corrected chi connectivity index (χ2v) is 6.47. The standard InChI is InChI=1S/C15H16N2O4S/c1-10-2-5-12(15(18)19)8-14(10)17-22(20,21)13-6-3-11(9-16)4-7-13/h2-8,17H,9,16H2,1H3,(H,18,19). The van der Waals surface area contributed by atoms with Crippen LogP contribution in [0.25, 0.3) is 0 Å². The SMILES string of the molecule is Cc1ccc(C(=O)O)cc1NS(=O)(=O)c1ccc(CN)cc1. The first-order chi connectivity index (χ1) is 10.3. The fourth-order valence-corrected chi connectivity index (χ4v) is 3.00. The minimum Gasteiger partial charge on any atom is -0.478 e. The number of sulfonamides is 1. The molecule has 2 aromatic rings. The molecule has 0 aliphatic rings. The van der Waals surface area contributed by atoms with Crippen molar-refractivity contribution in [2.75, 3.05) is 4.72 Å². The maximum Gasteiger partial charge on any atom is 0.335 e. The van der Waals surface area contributed by atoms with Crippen LogP contribution < -0.4 is 10.5 Å². The van der Waals surface area contributed by atoms with Crippen molar-refractivity contribution in [1.82, 2.24) is 0 Å². The van der Waals surface area contributed by atoms with Crippen molar-refractivity contribution in [3.8, 4) is 0 Å². The van der Waals surface area contributed by atoms with E-state index in [0.717, 1.165) is 5.56 Å². The normalized spacial score (nSPS) is 11.2. The van der Waals surface area contributed by atoms with E-state index >= 15 is 0 Å². The van der Waals surface area contributed by atoms with Crippen molar-refractivity contribution in [3.63, 3.8) is 0 Å². The molecule has 0 spiro atoms. The summed E-state index contributed by atoms with van der Waals surface area (Å²) in [6.45, 7) is 2.02. The third kappa shape index (κ3) is 3.44. The molecule has 0 heterocycles. The second-order valence-electron chi connectivity index (χ2n) is 4.79. The molecule has 0 saturated carbocycles. The Morgan fingerprint density at radius 3 is 2.36 bits per heavy atom. The van der Waals surface area contributed by atoms with Gasteiger partial charge >= 0.3 is 5.97 Å². The molecule has 2 aromatic carbocycles. The van der Waals surface area contributed by atoms with Crippen molar-refractivity contribution in [2.24, 2.45) is 5.73 Å². The zero-order valence-electron chi connectivity index (χ0n) is 11.9. The Kier molecular flexibility index (Phi) is 4.48. The number of rotatable bonds is 5. The summed E-state index contributed by atoms with van der Waals surface area (Å²) in [5.74, 6) is -1.12. The summed E-state index contributed by atoms with van der Waals surface area (Å²) < 4.78 is 27.1. The fourth-order valence-electron chi connectivity index (χ4n) is 1.87. The number of carboxylic acid groups (broad SMARTS) is 1. The first-order valence-electron chi connectivity index (χ1n) is 6.49. The number of aromatic carboxylic acids is 1. The van der Waals surface area contributed by atoms with E-state index in [-0.39, 0.29) is 16.1 Å². The van der Waals surface area contributed by atoms with Crippen molar-refractivity contribution < 1.29 is 18.3 Å². The molecule has 7 heteroatoms. The number of anilines is 1. The number of benzene rings is 2. The fraction of sp³-hybridized carbons (Fsp3) is 0.133. The van der Waals surface area contributed by atoms with Crippen LogP contribution in [0.15, 0.2) is 47.4 Å². The number of nitrogens with one attached hydrogen (secondary N) is 1.